The molecule has 5 nitrogen and oxygen atoms in total. The highest BCUT2D eigenvalue weighted by molar-refractivity contribution is 7.89. The molecule has 1 aromatic carbocycles. The number of hydrogen-bond donors (Lipinski definition) is 1. The van der Waals surface area contributed by atoms with Crippen molar-refractivity contribution < 1.29 is 18.3 Å². The monoisotopic (exact) mass is 303 g/mol. The first kappa shape index (κ1) is 15.7. The molecule has 0 aromatic heterocycles. The summed E-state index contributed by atoms with van der Waals surface area (Å²) in [4.78, 5) is 10.6. The molecule has 0 fully saturated rings. The molecule has 7 heteroatoms. The molecule has 1 N–H and O–H groups in total. The zero-order valence-corrected chi connectivity index (χ0v) is 11.9. The molecular formula is C12H14ClNO4S. The molecule has 1 rings (SSSR count). The van der Waals surface area contributed by atoms with Gasteiger partial charge >= 0.3 is 5.97 Å². The molecule has 0 spiro atoms. The average Bonchev–Trinajstić information content (AvgIpc) is 2.27. The van der Waals surface area contributed by atoms with E-state index < -0.39 is 22.5 Å². The van der Waals surface area contributed by atoms with Gasteiger partial charge in [-0.2, -0.15) is 4.31 Å². The SMILES string of the molecule is C=CCN(CC(=O)O)S(=O)(=O)c1ccc(C)cc1Cl. The summed E-state index contributed by atoms with van der Waals surface area (Å²) in [5.41, 5.74) is 0.817. The highest BCUT2D eigenvalue weighted by Gasteiger charge is 2.27. The van der Waals surface area contributed by atoms with Crippen molar-refractivity contribution in [1.29, 1.82) is 0 Å². The van der Waals surface area contributed by atoms with Crippen LogP contribution >= 0.6 is 11.6 Å². The molecule has 104 valence electrons. The van der Waals surface area contributed by atoms with E-state index in [4.69, 9.17) is 16.7 Å². The lowest BCUT2D eigenvalue weighted by molar-refractivity contribution is -0.137. The highest BCUT2D eigenvalue weighted by Crippen LogP contribution is 2.25. The second-order valence-electron chi connectivity index (χ2n) is 3.91. The molecule has 0 aliphatic heterocycles. The van der Waals surface area contributed by atoms with Crippen LogP contribution in [0.2, 0.25) is 5.02 Å². The summed E-state index contributed by atoms with van der Waals surface area (Å²) in [6.45, 7) is 4.46. The van der Waals surface area contributed by atoms with E-state index in [1.54, 1.807) is 13.0 Å². The fraction of sp³-hybridized carbons (Fsp3) is 0.250. The standard InChI is InChI=1S/C12H14ClNO4S/c1-3-6-14(8-12(15)16)19(17,18)11-5-4-9(2)7-10(11)13/h3-5,7H,1,6,8H2,2H3,(H,15,16). The van der Waals surface area contributed by atoms with Crippen molar-refractivity contribution in [2.75, 3.05) is 13.1 Å². The Kier molecular flexibility index (Phi) is 5.11. The van der Waals surface area contributed by atoms with Crippen LogP contribution in [0.5, 0.6) is 0 Å². The third-order valence-corrected chi connectivity index (χ3v) is 4.64. The summed E-state index contributed by atoms with van der Waals surface area (Å²) in [7, 11) is -3.96. The van der Waals surface area contributed by atoms with E-state index in [9.17, 15) is 13.2 Å². The molecule has 0 aliphatic carbocycles. The Labute approximate surface area is 117 Å². The van der Waals surface area contributed by atoms with E-state index in [0.717, 1.165) is 9.87 Å². The summed E-state index contributed by atoms with van der Waals surface area (Å²) in [5.74, 6) is -1.24. The van der Waals surface area contributed by atoms with E-state index in [-0.39, 0.29) is 16.5 Å². The summed E-state index contributed by atoms with van der Waals surface area (Å²) in [6.07, 6.45) is 1.32. The van der Waals surface area contributed by atoms with Crippen LogP contribution < -0.4 is 0 Å². The van der Waals surface area contributed by atoms with Gasteiger partial charge in [0.1, 0.15) is 11.4 Å². The third-order valence-electron chi connectivity index (χ3n) is 2.35. The second kappa shape index (κ2) is 6.18. The number of carboxylic acids is 1. The number of aliphatic carboxylic acids is 1. The molecule has 0 heterocycles. The van der Waals surface area contributed by atoms with Crippen molar-refractivity contribution in [2.45, 2.75) is 11.8 Å². The lowest BCUT2D eigenvalue weighted by Crippen LogP contribution is -2.35. The molecular weight excluding hydrogens is 290 g/mol. The van der Waals surface area contributed by atoms with Crippen LogP contribution in [0.25, 0.3) is 0 Å². The normalized spacial score (nSPS) is 11.5. The first-order chi connectivity index (χ1) is 8.78. The number of rotatable bonds is 6. The quantitative estimate of drug-likeness (QED) is 0.815. The fourth-order valence-corrected chi connectivity index (χ4v) is 3.43. The van der Waals surface area contributed by atoms with Crippen molar-refractivity contribution in [1.82, 2.24) is 4.31 Å². The smallest absolute Gasteiger partial charge is 0.318 e. The number of carboxylic acid groups (broad SMARTS) is 1. The fourth-order valence-electron chi connectivity index (χ4n) is 1.50. The molecule has 0 amide bonds. The van der Waals surface area contributed by atoms with Gasteiger partial charge < -0.3 is 5.11 Å². The predicted octanol–water partition coefficient (Wildman–Crippen LogP) is 1.91. The minimum Gasteiger partial charge on any atom is -0.480 e. The van der Waals surface area contributed by atoms with Crippen LogP contribution in [0.4, 0.5) is 0 Å². The van der Waals surface area contributed by atoms with Crippen LogP contribution in [-0.4, -0.2) is 36.9 Å². The Bertz CT molecular complexity index is 598. The number of aryl methyl sites for hydroxylation is 1. The lowest BCUT2D eigenvalue weighted by atomic mass is 10.2. The third kappa shape index (κ3) is 3.79. The van der Waals surface area contributed by atoms with Crippen LogP contribution in [0, 0.1) is 6.92 Å². The van der Waals surface area contributed by atoms with Crippen LogP contribution in [0.15, 0.2) is 35.7 Å². The summed E-state index contributed by atoms with van der Waals surface area (Å²) < 4.78 is 25.4. The Morgan fingerprint density at radius 2 is 2.16 bits per heavy atom. The summed E-state index contributed by atoms with van der Waals surface area (Å²) in [5, 5.41) is 8.83. The summed E-state index contributed by atoms with van der Waals surface area (Å²) in [6, 6.07) is 4.48. The van der Waals surface area contributed by atoms with Gasteiger partial charge in [-0.25, -0.2) is 8.42 Å². The number of hydrogen-bond acceptors (Lipinski definition) is 3. The van der Waals surface area contributed by atoms with Gasteiger partial charge in [0.2, 0.25) is 10.0 Å². The number of halogens is 1. The van der Waals surface area contributed by atoms with Crippen molar-refractivity contribution in [3.63, 3.8) is 0 Å². The van der Waals surface area contributed by atoms with Gasteiger partial charge in [0.25, 0.3) is 0 Å². The molecule has 0 bridgehead atoms. The van der Waals surface area contributed by atoms with Gasteiger partial charge in [-0.15, -0.1) is 6.58 Å². The Hall–Kier alpha value is -1.37. The molecule has 0 saturated heterocycles. The van der Waals surface area contributed by atoms with Crippen LogP contribution in [0.3, 0.4) is 0 Å². The molecule has 1 aromatic rings. The number of nitrogens with zero attached hydrogens (tertiary/aromatic N) is 1. The second-order valence-corrected chi connectivity index (χ2v) is 6.23. The Balaban J connectivity index is 3.25. The largest absolute Gasteiger partial charge is 0.480 e. The Morgan fingerprint density at radius 1 is 1.53 bits per heavy atom. The molecule has 0 saturated carbocycles. The maximum absolute atomic E-state index is 12.3. The van der Waals surface area contributed by atoms with Gasteiger partial charge in [0.05, 0.1) is 5.02 Å². The first-order valence-corrected chi connectivity index (χ1v) is 7.20. The zero-order chi connectivity index (χ0) is 14.6. The van der Waals surface area contributed by atoms with Gasteiger partial charge in [-0.1, -0.05) is 23.7 Å². The van der Waals surface area contributed by atoms with Crippen molar-refractivity contribution in [2.24, 2.45) is 0 Å². The summed E-state index contributed by atoms with van der Waals surface area (Å²) >= 11 is 5.92. The van der Waals surface area contributed by atoms with Gasteiger partial charge in [0.15, 0.2) is 0 Å². The van der Waals surface area contributed by atoms with Crippen molar-refractivity contribution in [3.05, 3.63) is 41.4 Å². The van der Waals surface area contributed by atoms with E-state index >= 15 is 0 Å². The molecule has 0 radical (unpaired) electrons. The topological polar surface area (TPSA) is 74.7 Å². The minimum atomic E-state index is -3.96. The molecule has 0 aliphatic rings. The van der Waals surface area contributed by atoms with Crippen LogP contribution in [-0.2, 0) is 14.8 Å². The van der Waals surface area contributed by atoms with Crippen LogP contribution in [0.1, 0.15) is 5.56 Å². The first-order valence-electron chi connectivity index (χ1n) is 5.38. The Morgan fingerprint density at radius 3 is 2.63 bits per heavy atom. The van der Waals surface area contributed by atoms with Crippen molar-refractivity contribution in [3.8, 4) is 0 Å². The van der Waals surface area contributed by atoms with E-state index in [1.807, 2.05) is 0 Å². The van der Waals surface area contributed by atoms with Crippen molar-refractivity contribution >= 4 is 27.6 Å². The number of sulfonamides is 1. The maximum atomic E-state index is 12.3. The number of carbonyl (C=O) groups is 1. The molecule has 0 atom stereocenters. The minimum absolute atomic E-state index is 0.0689. The lowest BCUT2D eigenvalue weighted by Gasteiger charge is -2.19. The van der Waals surface area contributed by atoms with Gasteiger partial charge in [0, 0.05) is 6.54 Å². The average molecular weight is 304 g/mol. The molecule has 19 heavy (non-hydrogen) atoms. The number of benzene rings is 1. The maximum Gasteiger partial charge on any atom is 0.318 e. The van der Waals surface area contributed by atoms with E-state index in [0.29, 0.717) is 0 Å². The van der Waals surface area contributed by atoms with Gasteiger partial charge in [-0.3, -0.25) is 4.79 Å². The van der Waals surface area contributed by atoms with E-state index in [1.165, 1.54) is 18.2 Å². The highest BCUT2D eigenvalue weighted by atomic mass is 35.5. The predicted molar refractivity (Wildman–Crippen MR) is 72.8 cm³/mol. The molecule has 0 unspecified atom stereocenters. The van der Waals surface area contributed by atoms with Gasteiger partial charge in [-0.05, 0) is 24.6 Å². The zero-order valence-electron chi connectivity index (χ0n) is 10.3. The van der Waals surface area contributed by atoms with E-state index in [2.05, 4.69) is 6.58 Å².